The molecule has 0 spiro atoms. The molecule has 1 heterocycles. The third kappa shape index (κ3) is 10.4. The lowest BCUT2D eigenvalue weighted by Gasteiger charge is -2.13. The molecule has 0 aliphatic rings. The Morgan fingerprint density at radius 1 is 0.857 bits per heavy atom. The van der Waals surface area contributed by atoms with Crippen molar-refractivity contribution >= 4 is 11.9 Å². The largest absolute Gasteiger partial charge is 0.461 e. The molecule has 1 aromatic heterocycles. The molecule has 5 heteroatoms. The van der Waals surface area contributed by atoms with Gasteiger partial charge >= 0.3 is 11.9 Å². The van der Waals surface area contributed by atoms with Gasteiger partial charge in [0.1, 0.15) is 11.4 Å². The van der Waals surface area contributed by atoms with E-state index in [1.54, 1.807) is 18.2 Å². The summed E-state index contributed by atoms with van der Waals surface area (Å²) in [6, 6.07) is 4.77. The second-order valence-electron chi connectivity index (χ2n) is 7.38. The Morgan fingerprint density at radius 2 is 1.43 bits per heavy atom. The monoisotopic (exact) mass is 391 g/mol. The standard InChI is InChI=1S/C23H37NO4/c1-4-6-8-10-11-13-18-27-22(25)20-16-14-17-21(24-20)23(26)28-19(3)15-12-9-7-5-2/h14,16-17,19H,4-13,15,18H2,1-3H3. The van der Waals surface area contributed by atoms with Crippen molar-refractivity contribution in [2.45, 2.75) is 97.5 Å². The predicted molar refractivity (Wildman–Crippen MR) is 112 cm³/mol. The summed E-state index contributed by atoms with van der Waals surface area (Å²) in [6.45, 7) is 6.63. The van der Waals surface area contributed by atoms with Gasteiger partial charge in [-0.15, -0.1) is 0 Å². The summed E-state index contributed by atoms with van der Waals surface area (Å²) in [4.78, 5) is 28.5. The van der Waals surface area contributed by atoms with Gasteiger partial charge in [0.15, 0.2) is 0 Å². The van der Waals surface area contributed by atoms with E-state index in [9.17, 15) is 9.59 Å². The van der Waals surface area contributed by atoms with Crippen LogP contribution in [0.1, 0.15) is 112 Å². The quantitative estimate of drug-likeness (QED) is 0.266. The van der Waals surface area contributed by atoms with Crippen LogP contribution in [0.3, 0.4) is 0 Å². The molecule has 1 atom stereocenters. The van der Waals surface area contributed by atoms with Crippen molar-refractivity contribution in [2.24, 2.45) is 0 Å². The minimum Gasteiger partial charge on any atom is -0.461 e. The summed E-state index contributed by atoms with van der Waals surface area (Å²) < 4.78 is 10.7. The zero-order valence-electron chi connectivity index (χ0n) is 17.9. The molecule has 0 saturated heterocycles. The van der Waals surface area contributed by atoms with E-state index in [2.05, 4.69) is 18.8 Å². The first-order valence-electron chi connectivity index (χ1n) is 10.9. The van der Waals surface area contributed by atoms with E-state index in [0.29, 0.717) is 6.61 Å². The number of carbonyl (C=O) groups excluding carboxylic acids is 2. The SMILES string of the molecule is CCCCCCCCOC(=O)c1cccc(C(=O)OC(C)CCCCCC)n1. The number of hydrogen-bond acceptors (Lipinski definition) is 5. The van der Waals surface area contributed by atoms with Crippen molar-refractivity contribution in [3.05, 3.63) is 29.6 Å². The third-order valence-electron chi connectivity index (χ3n) is 4.67. The van der Waals surface area contributed by atoms with Gasteiger partial charge in [-0.2, -0.15) is 0 Å². The molecular weight excluding hydrogens is 354 g/mol. The zero-order valence-corrected chi connectivity index (χ0v) is 17.9. The molecule has 5 nitrogen and oxygen atoms in total. The number of nitrogens with zero attached hydrogens (tertiary/aromatic N) is 1. The maximum atomic E-state index is 12.3. The highest BCUT2D eigenvalue weighted by Gasteiger charge is 2.16. The van der Waals surface area contributed by atoms with Gasteiger partial charge in [-0.1, -0.05) is 71.3 Å². The van der Waals surface area contributed by atoms with Crippen molar-refractivity contribution in [1.82, 2.24) is 4.98 Å². The number of carbonyl (C=O) groups is 2. The molecule has 0 aliphatic carbocycles. The van der Waals surface area contributed by atoms with Crippen LogP contribution < -0.4 is 0 Å². The minimum atomic E-state index is -0.492. The van der Waals surface area contributed by atoms with E-state index in [1.807, 2.05) is 6.92 Å². The van der Waals surface area contributed by atoms with E-state index >= 15 is 0 Å². The fourth-order valence-electron chi connectivity index (χ4n) is 2.94. The van der Waals surface area contributed by atoms with Crippen molar-refractivity contribution < 1.29 is 19.1 Å². The van der Waals surface area contributed by atoms with E-state index < -0.39 is 11.9 Å². The molecule has 0 aliphatic heterocycles. The zero-order chi connectivity index (χ0) is 20.6. The van der Waals surface area contributed by atoms with Crippen LogP contribution in [0, 0.1) is 0 Å². The molecule has 158 valence electrons. The van der Waals surface area contributed by atoms with E-state index in [-0.39, 0.29) is 17.5 Å². The maximum Gasteiger partial charge on any atom is 0.357 e. The number of ether oxygens (including phenoxy) is 2. The van der Waals surface area contributed by atoms with Gasteiger partial charge < -0.3 is 9.47 Å². The van der Waals surface area contributed by atoms with E-state index in [0.717, 1.165) is 32.1 Å². The summed E-state index contributed by atoms with van der Waals surface area (Å²) in [5.74, 6) is -0.982. The molecule has 0 fully saturated rings. The highest BCUT2D eigenvalue weighted by molar-refractivity contribution is 5.91. The normalized spacial score (nSPS) is 11.8. The number of esters is 2. The number of unbranched alkanes of at least 4 members (excludes halogenated alkanes) is 8. The van der Waals surface area contributed by atoms with Crippen LogP contribution in [-0.4, -0.2) is 29.6 Å². The average molecular weight is 392 g/mol. The van der Waals surface area contributed by atoms with Crippen molar-refractivity contribution in [3.63, 3.8) is 0 Å². The van der Waals surface area contributed by atoms with Crippen LogP contribution in [0.5, 0.6) is 0 Å². The summed E-state index contributed by atoms with van der Waals surface area (Å²) in [5, 5.41) is 0. The third-order valence-corrected chi connectivity index (χ3v) is 4.67. The fourth-order valence-corrected chi connectivity index (χ4v) is 2.94. The summed E-state index contributed by atoms with van der Waals surface area (Å²) in [6.07, 6.45) is 12.0. The highest BCUT2D eigenvalue weighted by atomic mass is 16.5. The Kier molecular flexibility index (Phi) is 13.0. The van der Waals surface area contributed by atoms with Gasteiger partial charge in [0.25, 0.3) is 0 Å². The van der Waals surface area contributed by atoms with Gasteiger partial charge in [-0.25, -0.2) is 14.6 Å². The van der Waals surface area contributed by atoms with Crippen LogP contribution in [0.25, 0.3) is 0 Å². The van der Waals surface area contributed by atoms with Gasteiger partial charge in [0, 0.05) is 0 Å². The molecule has 0 aromatic carbocycles. The van der Waals surface area contributed by atoms with Crippen LogP contribution in [0.2, 0.25) is 0 Å². The Balaban J connectivity index is 2.38. The van der Waals surface area contributed by atoms with Gasteiger partial charge in [-0.3, -0.25) is 0 Å². The number of pyridine rings is 1. The van der Waals surface area contributed by atoms with Crippen LogP contribution in [0.15, 0.2) is 18.2 Å². The first-order chi connectivity index (χ1) is 13.6. The van der Waals surface area contributed by atoms with Gasteiger partial charge in [0.2, 0.25) is 0 Å². The van der Waals surface area contributed by atoms with Crippen molar-refractivity contribution in [3.8, 4) is 0 Å². The molecule has 1 unspecified atom stereocenters. The molecule has 28 heavy (non-hydrogen) atoms. The molecule has 0 radical (unpaired) electrons. The molecule has 0 N–H and O–H groups in total. The number of aromatic nitrogens is 1. The molecule has 0 bridgehead atoms. The maximum absolute atomic E-state index is 12.3. The van der Waals surface area contributed by atoms with E-state index in [1.165, 1.54) is 38.5 Å². The first-order valence-corrected chi connectivity index (χ1v) is 10.9. The lowest BCUT2D eigenvalue weighted by molar-refractivity contribution is 0.0312. The molecular formula is C23H37NO4. The second-order valence-corrected chi connectivity index (χ2v) is 7.38. The minimum absolute atomic E-state index is 0.148. The van der Waals surface area contributed by atoms with Crippen LogP contribution in [-0.2, 0) is 9.47 Å². The molecule has 1 aromatic rings. The summed E-state index contributed by atoms with van der Waals surface area (Å²) in [7, 11) is 0. The number of rotatable bonds is 15. The van der Waals surface area contributed by atoms with Crippen LogP contribution >= 0.6 is 0 Å². The highest BCUT2D eigenvalue weighted by Crippen LogP contribution is 2.11. The lowest BCUT2D eigenvalue weighted by Crippen LogP contribution is -2.17. The summed E-state index contributed by atoms with van der Waals surface area (Å²) >= 11 is 0. The Bertz CT molecular complexity index is 573. The molecule has 1 rings (SSSR count). The summed E-state index contributed by atoms with van der Waals surface area (Å²) in [5.41, 5.74) is 0.297. The van der Waals surface area contributed by atoms with Crippen molar-refractivity contribution in [2.75, 3.05) is 6.61 Å². The van der Waals surface area contributed by atoms with Gasteiger partial charge in [-0.05, 0) is 38.3 Å². The fraction of sp³-hybridized carbons (Fsp3) is 0.696. The second kappa shape index (κ2) is 15.1. The predicted octanol–water partition coefficient (Wildman–Crippen LogP) is 6.11. The van der Waals surface area contributed by atoms with Crippen molar-refractivity contribution in [1.29, 1.82) is 0 Å². The van der Waals surface area contributed by atoms with E-state index in [4.69, 9.17) is 9.47 Å². The molecule has 0 saturated carbocycles. The topological polar surface area (TPSA) is 65.5 Å². The Morgan fingerprint density at radius 3 is 2.11 bits per heavy atom. The lowest BCUT2D eigenvalue weighted by atomic mass is 10.1. The Hall–Kier alpha value is -1.91. The average Bonchev–Trinajstić information content (AvgIpc) is 2.70. The smallest absolute Gasteiger partial charge is 0.357 e. The Labute approximate surface area is 170 Å². The first kappa shape index (κ1) is 24.1. The van der Waals surface area contributed by atoms with Gasteiger partial charge in [0.05, 0.1) is 12.7 Å². The van der Waals surface area contributed by atoms with Crippen LogP contribution in [0.4, 0.5) is 0 Å². The molecule has 0 amide bonds. The number of hydrogen-bond donors (Lipinski definition) is 0.